The van der Waals surface area contributed by atoms with Crippen LogP contribution in [0.15, 0.2) is 30.3 Å². The topological polar surface area (TPSA) is 116 Å². The first-order valence-electron chi connectivity index (χ1n) is 6.68. The summed E-state index contributed by atoms with van der Waals surface area (Å²) in [5.74, 6) is -0.568. The molecule has 8 nitrogen and oxygen atoms in total. The van der Waals surface area contributed by atoms with Crippen molar-refractivity contribution in [1.29, 1.82) is 0 Å². The van der Waals surface area contributed by atoms with Crippen molar-refractivity contribution in [3.8, 4) is 0 Å². The number of carbonyl (C=O) groups excluding carboxylic acids is 1. The van der Waals surface area contributed by atoms with E-state index in [4.69, 9.17) is 5.73 Å². The van der Waals surface area contributed by atoms with Crippen molar-refractivity contribution in [3.63, 3.8) is 0 Å². The van der Waals surface area contributed by atoms with E-state index in [0.717, 1.165) is 5.56 Å². The standard InChI is InChI=1S/C14H17N5O3/c1-9-12(19(21)22)13(18(2)17-9)14(20)16-8-11(15)10-6-4-3-5-7-10/h3-7,11H,8,15H2,1-2H3,(H,16,20). The van der Waals surface area contributed by atoms with Gasteiger partial charge in [0, 0.05) is 19.6 Å². The van der Waals surface area contributed by atoms with E-state index >= 15 is 0 Å². The van der Waals surface area contributed by atoms with Crippen LogP contribution in [-0.4, -0.2) is 27.2 Å². The third-order valence-electron chi connectivity index (χ3n) is 3.30. The molecule has 1 aromatic carbocycles. The van der Waals surface area contributed by atoms with Gasteiger partial charge in [0.05, 0.1) is 4.92 Å². The molecule has 0 saturated heterocycles. The molecule has 0 aliphatic rings. The third kappa shape index (κ3) is 3.12. The van der Waals surface area contributed by atoms with E-state index in [2.05, 4.69) is 10.4 Å². The molecule has 3 N–H and O–H groups in total. The van der Waals surface area contributed by atoms with Crippen LogP contribution in [0.25, 0.3) is 0 Å². The van der Waals surface area contributed by atoms with Gasteiger partial charge in [-0.2, -0.15) is 5.10 Å². The Morgan fingerprint density at radius 1 is 1.45 bits per heavy atom. The molecule has 2 aromatic rings. The van der Waals surface area contributed by atoms with Gasteiger partial charge in [-0.25, -0.2) is 0 Å². The number of rotatable bonds is 5. The zero-order valence-corrected chi connectivity index (χ0v) is 12.3. The van der Waals surface area contributed by atoms with Gasteiger partial charge in [0.15, 0.2) is 0 Å². The minimum atomic E-state index is -0.603. The number of nitro groups is 1. The van der Waals surface area contributed by atoms with Gasteiger partial charge in [-0.05, 0) is 12.5 Å². The van der Waals surface area contributed by atoms with Crippen molar-refractivity contribution in [2.75, 3.05) is 6.54 Å². The van der Waals surface area contributed by atoms with E-state index in [9.17, 15) is 14.9 Å². The Morgan fingerprint density at radius 3 is 2.68 bits per heavy atom. The van der Waals surface area contributed by atoms with E-state index in [1.165, 1.54) is 18.7 Å². The highest BCUT2D eigenvalue weighted by Gasteiger charge is 2.29. The molecule has 22 heavy (non-hydrogen) atoms. The number of aromatic nitrogens is 2. The smallest absolute Gasteiger partial charge is 0.322 e. The third-order valence-corrected chi connectivity index (χ3v) is 3.30. The van der Waals surface area contributed by atoms with E-state index in [-0.39, 0.29) is 23.6 Å². The maximum absolute atomic E-state index is 12.2. The van der Waals surface area contributed by atoms with Gasteiger partial charge in [0.2, 0.25) is 5.69 Å². The molecule has 0 spiro atoms. The van der Waals surface area contributed by atoms with E-state index in [1.807, 2.05) is 30.3 Å². The monoisotopic (exact) mass is 303 g/mol. The largest absolute Gasteiger partial charge is 0.349 e. The number of hydrogen-bond acceptors (Lipinski definition) is 5. The number of nitrogens with zero attached hydrogens (tertiary/aromatic N) is 3. The number of amides is 1. The van der Waals surface area contributed by atoms with Gasteiger partial charge in [-0.3, -0.25) is 19.6 Å². The Bertz CT molecular complexity index is 696. The first kappa shape index (κ1) is 15.6. The fraction of sp³-hybridized carbons (Fsp3) is 0.286. The fourth-order valence-corrected chi connectivity index (χ4v) is 2.22. The Kier molecular flexibility index (Phi) is 4.52. The normalized spacial score (nSPS) is 12.0. The van der Waals surface area contributed by atoms with Crippen LogP contribution in [0.2, 0.25) is 0 Å². The molecule has 2 rings (SSSR count). The van der Waals surface area contributed by atoms with Crippen LogP contribution in [0.3, 0.4) is 0 Å². The molecule has 0 fully saturated rings. The molecule has 1 heterocycles. The van der Waals surface area contributed by atoms with Gasteiger partial charge in [-0.15, -0.1) is 0 Å². The molecule has 0 radical (unpaired) electrons. The minimum absolute atomic E-state index is 0.0808. The summed E-state index contributed by atoms with van der Waals surface area (Å²) in [6.45, 7) is 1.66. The predicted octanol–water partition coefficient (Wildman–Crippen LogP) is 1.07. The summed E-state index contributed by atoms with van der Waals surface area (Å²) in [5, 5.41) is 17.6. The molecular formula is C14H17N5O3. The molecule has 1 unspecified atom stereocenters. The van der Waals surface area contributed by atoms with Crippen LogP contribution in [0.4, 0.5) is 5.69 Å². The van der Waals surface area contributed by atoms with Crippen molar-refractivity contribution in [2.24, 2.45) is 12.8 Å². The zero-order chi connectivity index (χ0) is 16.3. The summed E-state index contributed by atoms with van der Waals surface area (Å²) >= 11 is 0. The van der Waals surface area contributed by atoms with Crippen LogP contribution in [0.1, 0.15) is 27.8 Å². The molecule has 0 aliphatic heterocycles. The van der Waals surface area contributed by atoms with Gasteiger partial charge in [-0.1, -0.05) is 30.3 Å². The molecule has 1 aromatic heterocycles. The number of carbonyl (C=O) groups is 1. The maximum Gasteiger partial charge on any atom is 0.322 e. The fourth-order valence-electron chi connectivity index (χ4n) is 2.22. The molecule has 0 aliphatic carbocycles. The highest BCUT2D eigenvalue weighted by molar-refractivity contribution is 5.96. The lowest BCUT2D eigenvalue weighted by atomic mass is 10.1. The van der Waals surface area contributed by atoms with Crippen molar-refractivity contribution < 1.29 is 9.72 Å². The van der Waals surface area contributed by atoms with Crippen LogP contribution in [-0.2, 0) is 7.05 Å². The summed E-state index contributed by atoms with van der Waals surface area (Å²) in [5.41, 5.74) is 6.70. The second kappa shape index (κ2) is 6.35. The average Bonchev–Trinajstić information content (AvgIpc) is 2.80. The molecule has 0 saturated carbocycles. The molecule has 116 valence electrons. The van der Waals surface area contributed by atoms with Gasteiger partial charge >= 0.3 is 5.69 Å². The first-order chi connectivity index (χ1) is 10.4. The average molecular weight is 303 g/mol. The van der Waals surface area contributed by atoms with Crippen molar-refractivity contribution >= 4 is 11.6 Å². The molecule has 0 bridgehead atoms. The summed E-state index contributed by atoms with van der Waals surface area (Å²) in [4.78, 5) is 22.7. The highest BCUT2D eigenvalue weighted by atomic mass is 16.6. The summed E-state index contributed by atoms with van der Waals surface area (Å²) in [7, 11) is 1.49. The second-order valence-corrected chi connectivity index (χ2v) is 4.89. The second-order valence-electron chi connectivity index (χ2n) is 4.89. The van der Waals surface area contributed by atoms with Crippen LogP contribution >= 0.6 is 0 Å². The van der Waals surface area contributed by atoms with Crippen molar-refractivity contribution in [3.05, 3.63) is 57.4 Å². The maximum atomic E-state index is 12.2. The summed E-state index contributed by atoms with van der Waals surface area (Å²) in [6.07, 6.45) is 0. The quantitative estimate of drug-likeness (QED) is 0.633. The lowest BCUT2D eigenvalue weighted by Gasteiger charge is -2.13. The van der Waals surface area contributed by atoms with Gasteiger partial charge < -0.3 is 11.1 Å². The number of benzene rings is 1. The Balaban J connectivity index is 2.12. The Morgan fingerprint density at radius 2 is 2.09 bits per heavy atom. The molecular weight excluding hydrogens is 286 g/mol. The Labute approximate surface area is 127 Å². The van der Waals surface area contributed by atoms with Crippen LogP contribution in [0, 0.1) is 17.0 Å². The molecule has 8 heteroatoms. The van der Waals surface area contributed by atoms with Crippen molar-refractivity contribution in [2.45, 2.75) is 13.0 Å². The zero-order valence-electron chi connectivity index (χ0n) is 12.3. The summed E-state index contributed by atoms with van der Waals surface area (Å²) < 4.78 is 1.21. The summed E-state index contributed by atoms with van der Waals surface area (Å²) in [6, 6.07) is 8.90. The van der Waals surface area contributed by atoms with Crippen LogP contribution in [0.5, 0.6) is 0 Å². The molecule has 1 atom stereocenters. The lowest BCUT2D eigenvalue weighted by molar-refractivity contribution is -0.385. The number of hydrogen-bond donors (Lipinski definition) is 2. The van der Waals surface area contributed by atoms with E-state index in [0.29, 0.717) is 0 Å². The van der Waals surface area contributed by atoms with E-state index < -0.39 is 16.9 Å². The van der Waals surface area contributed by atoms with Crippen molar-refractivity contribution in [1.82, 2.24) is 15.1 Å². The van der Waals surface area contributed by atoms with E-state index in [1.54, 1.807) is 0 Å². The minimum Gasteiger partial charge on any atom is -0.349 e. The van der Waals surface area contributed by atoms with Gasteiger partial charge in [0.1, 0.15) is 5.69 Å². The SMILES string of the molecule is Cc1nn(C)c(C(=O)NCC(N)c2ccccc2)c1[N+](=O)[O-]. The van der Waals surface area contributed by atoms with Crippen LogP contribution < -0.4 is 11.1 Å². The highest BCUT2D eigenvalue weighted by Crippen LogP contribution is 2.22. The lowest BCUT2D eigenvalue weighted by Crippen LogP contribution is -2.33. The van der Waals surface area contributed by atoms with Gasteiger partial charge in [0.25, 0.3) is 5.91 Å². The first-order valence-corrected chi connectivity index (χ1v) is 6.68. The molecule has 1 amide bonds. The number of nitrogens with two attached hydrogens (primary N) is 1. The predicted molar refractivity (Wildman–Crippen MR) is 80.3 cm³/mol. The Hall–Kier alpha value is -2.74. The number of aryl methyl sites for hydroxylation is 2. The number of nitrogens with one attached hydrogen (secondary N) is 1.